The predicted molar refractivity (Wildman–Crippen MR) is 91.8 cm³/mol. The first kappa shape index (κ1) is 17.6. The SMILES string of the molecule is C#CC(=O)N(c1ccc(OC2COC2)c(Cl)c1)C1(C(=O)O)CCCC1. The lowest BCUT2D eigenvalue weighted by atomic mass is 9.94. The van der Waals surface area contributed by atoms with Gasteiger partial charge in [-0.3, -0.25) is 9.69 Å². The number of benzene rings is 1. The van der Waals surface area contributed by atoms with Crippen molar-refractivity contribution in [3.8, 4) is 18.1 Å². The van der Waals surface area contributed by atoms with Crippen LogP contribution in [0.3, 0.4) is 0 Å². The number of terminal acetylenes is 1. The van der Waals surface area contributed by atoms with E-state index in [-0.39, 0.29) is 11.1 Å². The second-order valence-electron chi connectivity index (χ2n) is 6.22. The Morgan fingerprint density at radius 2 is 2.04 bits per heavy atom. The summed E-state index contributed by atoms with van der Waals surface area (Å²) in [5, 5.41) is 10.1. The summed E-state index contributed by atoms with van der Waals surface area (Å²) in [5.41, 5.74) is -0.980. The van der Waals surface area contributed by atoms with Crippen molar-refractivity contribution in [1.29, 1.82) is 0 Å². The number of rotatable bonds is 5. The maximum absolute atomic E-state index is 12.4. The van der Waals surface area contributed by atoms with Crippen molar-refractivity contribution in [3.63, 3.8) is 0 Å². The van der Waals surface area contributed by atoms with Crippen LogP contribution in [0, 0.1) is 12.3 Å². The average Bonchev–Trinajstić information content (AvgIpc) is 3.03. The standard InChI is InChI=1S/C18H18ClNO5/c1-2-16(21)20(18(17(22)23)7-3-4-8-18)12-5-6-15(14(19)9-12)25-13-10-24-11-13/h1,5-6,9,13H,3-4,7-8,10-11H2,(H,22,23). The molecule has 1 saturated heterocycles. The zero-order chi connectivity index (χ0) is 18.0. The number of amides is 1. The van der Waals surface area contributed by atoms with Crippen LogP contribution in [-0.4, -0.2) is 41.8 Å². The number of anilines is 1. The van der Waals surface area contributed by atoms with Gasteiger partial charge in [0.1, 0.15) is 17.4 Å². The molecule has 0 aromatic heterocycles. The highest BCUT2D eigenvalue weighted by Crippen LogP contribution is 2.41. The third kappa shape index (κ3) is 3.17. The molecule has 0 atom stereocenters. The van der Waals surface area contributed by atoms with Gasteiger partial charge in [0.05, 0.1) is 18.2 Å². The van der Waals surface area contributed by atoms with E-state index in [4.69, 9.17) is 27.5 Å². The van der Waals surface area contributed by atoms with Crippen molar-refractivity contribution >= 4 is 29.2 Å². The van der Waals surface area contributed by atoms with Gasteiger partial charge in [-0.25, -0.2) is 4.79 Å². The Bertz CT molecular complexity index is 731. The number of nitrogens with zero attached hydrogens (tertiary/aromatic N) is 1. The molecule has 1 aliphatic carbocycles. The molecule has 2 fully saturated rings. The molecule has 1 N–H and O–H groups in total. The number of carbonyl (C=O) groups is 2. The fourth-order valence-corrected chi connectivity index (χ4v) is 3.52. The summed E-state index contributed by atoms with van der Waals surface area (Å²) >= 11 is 6.28. The van der Waals surface area contributed by atoms with Gasteiger partial charge < -0.3 is 14.6 Å². The van der Waals surface area contributed by atoms with E-state index in [0.717, 1.165) is 12.8 Å². The molecule has 1 aromatic carbocycles. The number of hydrogen-bond donors (Lipinski definition) is 1. The fraction of sp³-hybridized carbons (Fsp3) is 0.444. The van der Waals surface area contributed by atoms with Crippen LogP contribution in [0.5, 0.6) is 5.75 Å². The number of carboxylic acids is 1. The molecule has 132 valence electrons. The van der Waals surface area contributed by atoms with Gasteiger partial charge in [0.2, 0.25) is 0 Å². The van der Waals surface area contributed by atoms with Crippen LogP contribution >= 0.6 is 11.6 Å². The van der Waals surface area contributed by atoms with Gasteiger partial charge in [0.15, 0.2) is 0 Å². The predicted octanol–water partition coefficient (Wildman–Crippen LogP) is 2.48. The molecule has 7 heteroatoms. The van der Waals surface area contributed by atoms with Gasteiger partial charge in [-0.2, -0.15) is 0 Å². The first-order valence-corrected chi connectivity index (χ1v) is 8.44. The topological polar surface area (TPSA) is 76.1 Å². The Hall–Kier alpha value is -2.23. The summed E-state index contributed by atoms with van der Waals surface area (Å²) in [6.45, 7) is 1.00. The highest BCUT2D eigenvalue weighted by Gasteiger charge is 2.49. The van der Waals surface area contributed by atoms with Gasteiger partial charge in [0.25, 0.3) is 0 Å². The van der Waals surface area contributed by atoms with E-state index in [1.807, 2.05) is 5.92 Å². The normalized spacial score (nSPS) is 18.9. The molecule has 0 spiro atoms. The van der Waals surface area contributed by atoms with Gasteiger partial charge >= 0.3 is 11.9 Å². The fourth-order valence-electron chi connectivity index (χ4n) is 3.30. The third-order valence-electron chi connectivity index (χ3n) is 4.66. The minimum atomic E-state index is -1.34. The Balaban J connectivity index is 1.96. The van der Waals surface area contributed by atoms with E-state index in [9.17, 15) is 14.7 Å². The van der Waals surface area contributed by atoms with Gasteiger partial charge in [-0.15, -0.1) is 6.42 Å². The lowest BCUT2D eigenvalue weighted by molar-refractivity contribution is -0.144. The van der Waals surface area contributed by atoms with E-state index in [0.29, 0.717) is 37.5 Å². The van der Waals surface area contributed by atoms with Crippen molar-refractivity contribution in [1.82, 2.24) is 0 Å². The minimum Gasteiger partial charge on any atom is -0.484 e. The van der Waals surface area contributed by atoms with Gasteiger partial charge in [0, 0.05) is 5.69 Å². The molecule has 0 bridgehead atoms. The van der Waals surface area contributed by atoms with E-state index in [1.54, 1.807) is 12.1 Å². The minimum absolute atomic E-state index is 0.0491. The summed E-state index contributed by atoms with van der Waals surface area (Å²) in [7, 11) is 0. The lowest BCUT2D eigenvalue weighted by Gasteiger charge is -2.37. The zero-order valence-corrected chi connectivity index (χ0v) is 14.3. The van der Waals surface area contributed by atoms with Crippen molar-refractivity contribution in [3.05, 3.63) is 23.2 Å². The van der Waals surface area contributed by atoms with E-state index in [1.165, 1.54) is 11.0 Å². The van der Waals surface area contributed by atoms with Crippen molar-refractivity contribution < 1.29 is 24.2 Å². The number of aliphatic carboxylic acids is 1. The second-order valence-corrected chi connectivity index (χ2v) is 6.63. The number of hydrogen-bond acceptors (Lipinski definition) is 4. The van der Waals surface area contributed by atoms with Gasteiger partial charge in [-0.1, -0.05) is 24.4 Å². The van der Waals surface area contributed by atoms with Crippen LogP contribution in [0.4, 0.5) is 5.69 Å². The summed E-state index contributed by atoms with van der Waals surface area (Å²) in [4.78, 5) is 25.5. The largest absolute Gasteiger partial charge is 0.484 e. The number of carboxylic acid groups (broad SMARTS) is 1. The van der Waals surface area contributed by atoms with Crippen LogP contribution in [0.15, 0.2) is 18.2 Å². The van der Waals surface area contributed by atoms with Crippen LogP contribution < -0.4 is 9.64 Å². The molecule has 1 saturated carbocycles. The summed E-state index contributed by atoms with van der Waals surface area (Å²) in [6, 6.07) is 4.75. The molecule has 0 radical (unpaired) electrons. The first-order valence-electron chi connectivity index (χ1n) is 8.06. The quantitative estimate of drug-likeness (QED) is 0.813. The van der Waals surface area contributed by atoms with E-state index >= 15 is 0 Å². The maximum Gasteiger partial charge on any atom is 0.330 e. The Morgan fingerprint density at radius 1 is 1.36 bits per heavy atom. The smallest absolute Gasteiger partial charge is 0.330 e. The van der Waals surface area contributed by atoms with E-state index in [2.05, 4.69) is 0 Å². The number of carbonyl (C=O) groups excluding carboxylic acids is 1. The molecule has 25 heavy (non-hydrogen) atoms. The van der Waals surface area contributed by atoms with Crippen molar-refractivity contribution in [2.45, 2.75) is 37.3 Å². The summed E-state index contributed by atoms with van der Waals surface area (Å²) in [5.74, 6) is 0.746. The monoisotopic (exact) mass is 363 g/mol. The first-order chi connectivity index (χ1) is 12.0. The number of halogens is 1. The van der Waals surface area contributed by atoms with Crippen molar-refractivity contribution in [2.75, 3.05) is 18.1 Å². The van der Waals surface area contributed by atoms with E-state index < -0.39 is 17.4 Å². The van der Waals surface area contributed by atoms with Crippen molar-refractivity contribution in [2.24, 2.45) is 0 Å². The lowest BCUT2D eigenvalue weighted by Crippen LogP contribution is -2.55. The molecule has 1 aromatic rings. The molecule has 1 aliphatic heterocycles. The average molecular weight is 364 g/mol. The second kappa shape index (κ2) is 6.95. The van der Waals surface area contributed by atoms with Crippen LogP contribution in [0.1, 0.15) is 25.7 Å². The van der Waals surface area contributed by atoms with Crippen LogP contribution in [0.2, 0.25) is 5.02 Å². The third-order valence-corrected chi connectivity index (χ3v) is 4.95. The van der Waals surface area contributed by atoms with Crippen LogP contribution in [0.25, 0.3) is 0 Å². The Kier molecular flexibility index (Phi) is 4.89. The van der Waals surface area contributed by atoms with Gasteiger partial charge in [-0.05, 0) is 37.0 Å². The molecule has 2 aliphatic rings. The highest BCUT2D eigenvalue weighted by molar-refractivity contribution is 6.32. The molecule has 3 rings (SSSR count). The molecule has 1 amide bonds. The molecular weight excluding hydrogens is 346 g/mol. The Morgan fingerprint density at radius 3 is 2.52 bits per heavy atom. The maximum atomic E-state index is 12.4. The molecular formula is C18H18ClNO5. The zero-order valence-electron chi connectivity index (χ0n) is 13.5. The molecule has 0 unspecified atom stereocenters. The van der Waals surface area contributed by atoms with Crippen LogP contribution in [-0.2, 0) is 14.3 Å². The summed E-state index contributed by atoms with van der Waals surface area (Å²) in [6.07, 6.45) is 7.39. The molecule has 6 nitrogen and oxygen atoms in total. The highest BCUT2D eigenvalue weighted by atomic mass is 35.5. The number of ether oxygens (including phenoxy) is 2. The summed E-state index contributed by atoms with van der Waals surface area (Å²) < 4.78 is 10.7. The molecule has 1 heterocycles. The Labute approximate surface area is 150 Å².